The summed E-state index contributed by atoms with van der Waals surface area (Å²) in [5.74, 6) is 0.167. The zero-order chi connectivity index (χ0) is 14.5. The normalized spacial score (nSPS) is 20.9. The molecule has 1 aromatic rings. The van der Waals surface area contributed by atoms with Crippen LogP contribution in [0, 0.1) is 0 Å². The lowest BCUT2D eigenvalue weighted by atomic mass is 10.2. The molecule has 0 spiro atoms. The largest absolute Gasteiger partial charge is 0.372 e. The average Bonchev–Trinajstić information content (AvgIpc) is 2.88. The summed E-state index contributed by atoms with van der Waals surface area (Å²) in [6.45, 7) is 9.25. The molecule has 112 valence electrons. The van der Waals surface area contributed by atoms with E-state index in [4.69, 9.17) is 4.74 Å². The molecule has 0 aromatic carbocycles. The summed E-state index contributed by atoms with van der Waals surface area (Å²) in [6, 6.07) is 0.261. The van der Waals surface area contributed by atoms with Crippen LogP contribution in [-0.4, -0.2) is 48.1 Å². The molecule has 2 heterocycles. The van der Waals surface area contributed by atoms with Crippen molar-refractivity contribution >= 4 is 17.2 Å². The van der Waals surface area contributed by atoms with E-state index in [1.807, 2.05) is 24.1 Å². The van der Waals surface area contributed by atoms with E-state index in [1.54, 1.807) is 11.3 Å². The Morgan fingerprint density at radius 2 is 2.50 bits per heavy atom. The molecule has 5 nitrogen and oxygen atoms in total. The molecule has 0 aliphatic carbocycles. The van der Waals surface area contributed by atoms with E-state index in [0.29, 0.717) is 13.0 Å². The van der Waals surface area contributed by atoms with Crippen LogP contribution in [-0.2, 0) is 16.0 Å². The van der Waals surface area contributed by atoms with E-state index in [-0.39, 0.29) is 18.1 Å². The fraction of sp³-hybridized carbons (Fsp3) is 0.714. The number of aromatic nitrogens is 1. The van der Waals surface area contributed by atoms with E-state index < -0.39 is 0 Å². The Labute approximate surface area is 124 Å². The maximum Gasteiger partial charge on any atom is 0.228 e. The van der Waals surface area contributed by atoms with Crippen LogP contribution in [0.1, 0.15) is 37.6 Å². The maximum absolute atomic E-state index is 12.3. The Bertz CT molecular complexity index is 449. The second-order valence-corrected chi connectivity index (χ2v) is 5.98. The summed E-state index contributed by atoms with van der Waals surface area (Å²) in [5.41, 5.74) is 0.854. The van der Waals surface area contributed by atoms with Gasteiger partial charge in [-0.25, -0.2) is 4.98 Å². The fourth-order valence-electron chi connectivity index (χ4n) is 2.38. The van der Waals surface area contributed by atoms with Gasteiger partial charge >= 0.3 is 0 Å². The van der Waals surface area contributed by atoms with Crippen LogP contribution in [0.4, 0.5) is 0 Å². The summed E-state index contributed by atoms with van der Waals surface area (Å²) in [4.78, 5) is 18.8. The molecule has 1 aliphatic rings. The number of hydrogen-bond acceptors (Lipinski definition) is 5. The van der Waals surface area contributed by atoms with Crippen LogP contribution in [0.25, 0.3) is 0 Å². The van der Waals surface area contributed by atoms with Crippen molar-refractivity contribution in [1.29, 1.82) is 0 Å². The van der Waals surface area contributed by atoms with Crippen LogP contribution in [0.15, 0.2) is 5.38 Å². The van der Waals surface area contributed by atoms with Crippen LogP contribution >= 0.6 is 11.3 Å². The first-order valence-electron chi connectivity index (χ1n) is 7.18. The Balaban J connectivity index is 1.94. The Morgan fingerprint density at radius 1 is 1.70 bits per heavy atom. The molecule has 1 aromatic heterocycles. The number of carbonyl (C=O) groups excluding carboxylic acids is 1. The van der Waals surface area contributed by atoms with Crippen molar-refractivity contribution in [3.05, 3.63) is 16.1 Å². The summed E-state index contributed by atoms with van der Waals surface area (Å²) >= 11 is 1.57. The van der Waals surface area contributed by atoms with Crippen molar-refractivity contribution in [2.24, 2.45) is 0 Å². The first kappa shape index (κ1) is 15.4. The van der Waals surface area contributed by atoms with Gasteiger partial charge in [-0.1, -0.05) is 0 Å². The molecule has 20 heavy (non-hydrogen) atoms. The third-order valence-corrected chi connectivity index (χ3v) is 4.54. The van der Waals surface area contributed by atoms with E-state index in [0.717, 1.165) is 30.3 Å². The van der Waals surface area contributed by atoms with Crippen molar-refractivity contribution in [2.75, 3.05) is 26.2 Å². The molecule has 1 N–H and O–H groups in total. The number of piperazine rings is 1. The van der Waals surface area contributed by atoms with Crippen molar-refractivity contribution in [1.82, 2.24) is 15.2 Å². The van der Waals surface area contributed by atoms with Gasteiger partial charge in [-0.05, 0) is 20.8 Å². The summed E-state index contributed by atoms with van der Waals surface area (Å²) in [6.07, 6.45) is 0.395. The minimum atomic E-state index is 0.00645. The number of ether oxygens (including phenoxy) is 1. The molecule has 1 fully saturated rings. The number of nitrogens with zero attached hydrogens (tertiary/aromatic N) is 2. The van der Waals surface area contributed by atoms with Gasteiger partial charge in [-0.2, -0.15) is 0 Å². The highest BCUT2D eigenvalue weighted by atomic mass is 32.1. The molecular formula is C14H23N3O2S. The van der Waals surface area contributed by atoms with Gasteiger partial charge < -0.3 is 15.0 Å². The molecule has 2 atom stereocenters. The number of nitrogens with one attached hydrogen (secondary N) is 1. The zero-order valence-corrected chi connectivity index (χ0v) is 13.2. The molecule has 1 saturated heterocycles. The number of carbonyl (C=O) groups is 1. The van der Waals surface area contributed by atoms with Gasteiger partial charge in [0.05, 0.1) is 12.1 Å². The zero-order valence-electron chi connectivity index (χ0n) is 12.4. The molecular weight excluding hydrogens is 274 g/mol. The molecule has 0 bridgehead atoms. The first-order chi connectivity index (χ1) is 9.61. The highest BCUT2D eigenvalue weighted by Gasteiger charge is 2.23. The van der Waals surface area contributed by atoms with Gasteiger partial charge in [-0.15, -0.1) is 11.3 Å². The lowest BCUT2D eigenvalue weighted by Gasteiger charge is -2.33. The quantitative estimate of drug-likeness (QED) is 0.897. The SMILES string of the molecule is CCO[C@@H](C)c1nc(CC(=O)N2CCNC[C@@H]2C)cs1. The first-order valence-corrected chi connectivity index (χ1v) is 8.05. The van der Waals surface area contributed by atoms with Gasteiger partial charge in [0.2, 0.25) is 5.91 Å². The van der Waals surface area contributed by atoms with Gasteiger partial charge in [0, 0.05) is 37.7 Å². The lowest BCUT2D eigenvalue weighted by Crippen LogP contribution is -2.52. The van der Waals surface area contributed by atoms with Gasteiger partial charge in [0.25, 0.3) is 0 Å². The lowest BCUT2D eigenvalue weighted by molar-refractivity contribution is -0.133. The molecule has 6 heteroatoms. The van der Waals surface area contributed by atoms with Gasteiger partial charge in [0.1, 0.15) is 11.1 Å². The van der Waals surface area contributed by atoms with Crippen molar-refractivity contribution < 1.29 is 9.53 Å². The predicted octanol–water partition coefficient (Wildman–Crippen LogP) is 1.60. The highest BCUT2D eigenvalue weighted by Crippen LogP contribution is 2.21. The molecule has 0 radical (unpaired) electrons. The minimum absolute atomic E-state index is 0.00645. The van der Waals surface area contributed by atoms with Crippen LogP contribution in [0.5, 0.6) is 0 Å². The number of rotatable bonds is 5. The maximum atomic E-state index is 12.3. The minimum Gasteiger partial charge on any atom is -0.372 e. The summed E-state index contributed by atoms with van der Waals surface area (Å²) < 4.78 is 5.52. The van der Waals surface area contributed by atoms with Crippen molar-refractivity contribution in [3.63, 3.8) is 0 Å². The van der Waals surface area contributed by atoms with Crippen LogP contribution in [0.3, 0.4) is 0 Å². The standard InChI is InChI=1S/C14H23N3O2S/c1-4-19-11(3)14-16-12(9-20-14)7-13(18)17-6-5-15-8-10(17)2/h9-11,15H,4-8H2,1-3H3/t10-,11-/m0/s1. The van der Waals surface area contributed by atoms with E-state index in [9.17, 15) is 4.79 Å². The molecule has 1 aliphatic heterocycles. The number of thiazole rings is 1. The second-order valence-electron chi connectivity index (χ2n) is 5.09. The Kier molecular flexibility index (Phi) is 5.51. The highest BCUT2D eigenvalue weighted by molar-refractivity contribution is 7.09. The summed E-state index contributed by atoms with van der Waals surface area (Å²) in [5, 5.41) is 6.21. The smallest absolute Gasteiger partial charge is 0.228 e. The van der Waals surface area contributed by atoms with E-state index in [2.05, 4.69) is 17.2 Å². The molecule has 0 saturated carbocycles. The Hall–Kier alpha value is -0.980. The second kappa shape index (κ2) is 7.15. The molecule has 1 amide bonds. The van der Waals surface area contributed by atoms with E-state index >= 15 is 0 Å². The van der Waals surface area contributed by atoms with Crippen LogP contribution < -0.4 is 5.32 Å². The topological polar surface area (TPSA) is 54.5 Å². The van der Waals surface area contributed by atoms with Gasteiger partial charge in [-0.3, -0.25) is 4.79 Å². The summed E-state index contributed by atoms with van der Waals surface area (Å²) in [7, 11) is 0. The number of amides is 1. The van der Waals surface area contributed by atoms with Crippen LogP contribution in [0.2, 0.25) is 0 Å². The predicted molar refractivity (Wildman–Crippen MR) is 79.9 cm³/mol. The number of hydrogen-bond donors (Lipinski definition) is 1. The molecule has 2 rings (SSSR count). The van der Waals surface area contributed by atoms with Crippen molar-refractivity contribution in [3.8, 4) is 0 Å². The van der Waals surface area contributed by atoms with Crippen molar-refractivity contribution in [2.45, 2.75) is 39.3 Å². The van der Waals surface area contributed by atoms with Gasteiger partial charge in [0.15, 0.2) is 0 Å². The molecule has 0 unspecified atom stereocenters. The Morgan fingerprint density at radius 3 is 3.20 bits per heavy atom. The monoisotopic (exact) mass is 297 g/mol. The third kappa shape index (κ3) is 3.77. The fourth-order valence-corrected chi connectivity index (χ4v) is 3.20. The third-order valence-electron chi connectivity index (χ3n) is 3.49. The van der Waals surface area contributed by atoms with E-state index in [1.165, 1.54) is 0 Å². The average molecular weight is 297 g/mol.